The van der Waals surface area contributed by atoms with Crippen molar-refractivity contribution in [3.05, 3.63) is 61.7 Å². The van der Waals surface area contributed by atoms with E-state index in [1.807, 2.05) is 13.8 Å². The zero-order valence-electron chi connectivity index (χ0n) is 13.8. The van der Waals surface area contributed by atoms with Crippen LogP contribution in [0.3, 0.4) is 0 Å². The van der Waals surface area contributed by atoms with Crippen LogP contribution >= 0.6 is 0 Å². The Morgan fingerprint density at radius 3 is 2.83 bits per heavy atom. The van der Waals surface area contributed by atoms with Gasteiger partial charge in [0.1, 0.15) is 5.69 Å². The third kappa shape index (κ3) is 3.45. The summed E-state index contributed by atoms with van der Waals surface area (Å²) in [5.41, 5.74) is 2.13. The maximum Gasteiger partial charge on any atom is 0.345 e. The number of carbonyl (C=O) groups is 1. The molecule has 2 aromatic rings. The first-order valence-electron chi connectivity index (χ1n) is 8.02. The molecule has 0 bridgehead atoms. The van der Waals surface area contributed by atoms with Gasteiger partial charge in [0.05, 0.1) is 0 Å². The van der Waals surface area contributed by atoms with Crippen LogP contribution in [0.25, 0.3) is 0 Å². The second-order valence-corrected chi connectivity index (χ2v) is 6.52. The molecule has 0 aromatic carbocycles. The molecule has 0 fully saturated rings. The van der Waals surface area contributed by atoms with Gasteiger partial charge in [0.25, 0.3) is 5.91 Å². The number of amides is 1. The molecule has 0 atom stereocenters. The van der Waals surface area contributed by atoms with E-state index in [0.717, 1.165) is 16.8 Å². The van der Waals surface area contributed by atoms with E-state index in [1.165, 1.54) is 0 Å². The fraction of sp³-hybridized carbons (Fsp3) is 0.412. The molecule has 2 N–H and O–H groups in total. The summed E-state index contributed by atoms with van der Waals surface area (Å²) in [5, 5.41) is 0. The van der Waals surface area contributed by atoms with E-state index in [4.69, 9.17) is 0 Å². The average Bonchev–Trinajstić information content (AvgIpc) is 2.52. The summed E-state index contributed by atoms with van der Waals surface area (Å²) in [6.07, 6.45) is 2.95. The molecule has 0 saturated heterocycles. The summed E-state index contributed by atoms with van der Waals surface area (Å²) in [6, 6.07) is 3.23. The SMILES string of the molecule is CC(C)Cc1cc(C(=O)N2CCc3cc(=O)[nH]cc3C2)nc(=O)[nH]1. The minimum absolute atomic E-state index is 0.136. The van der Waals surface area contributed by atoms with Crippen molar-refractivity contribution in [2.45, 2.75) is 33.2 Å². The highest BCUT2D eigenvalue weighted by Gasteiger charge is 2.23. The molecule has 0 unspecified atom stereocenters. The van der Waals surface area contributed by atoms with Crippen molar-refractivity contribution >= 4 is 5.91 Å². The van der Waals surface area contributed by atoms with Gasteiger partial charge in [-0.2, -0.15) is 4.98 Å². The van der Waals surface area contributed by atoms with Gasteiger partial charge in [-0.25, -0.2) is 4.79 Å². The van der Waals surface area contributed by atoms with E-state index in [0.29, 0.717) is 31.8 Å². The Morgan fingerprint density at radius 2 is 2.08 bits per heavy atom. The molecule has 0 aliphatic carbocycles. The molecule has 1 amide bonds. The van der Waals surface area contributed by atoms with Crippen molar-refractivity contribution in [1.82, 2.24) is 19.9 Å². The van der Waals surface area contributed by atoms with Crippen molar-refractivity contribution in [2.75, 3.05) is 6.54 Å². The molecule has 7 nitrogen and oxygen atoms in total. The number of pyridine rings is 1. The van der Waals surface area contributed by atoms with E-state index >= 15 is 0 Å². The summed E-state index contributed by atoms with van der Waals surface area (Å²) in [7, 11) is 0. The molecule has 3 rings (SSSR count). The van der Waals surface area contributed by atoms with Crippen LogP contribution in [-0.2, 0) is 19.4 Å². The van der Waals surface area contributed by atoms with Crippen molar-refractivity contribution in [1.29, 1.82) is 0 Å². The lowest BCUT2D eigenvalue weighted by Gasteiger charge is -2.28. The van der Waals surface area contributed by atoms with Crippen LogP contribution in [0.5, 0.6) is 0 Å². The maximum absolute atomic E-state index is 12.7. The van der Waals surface area contributed by atoms with Crippen molar-refractivity contribution < 1.29 is 4.79 Å². The number of fused-ring (bicyclic) bond motifs is 1. The Bertz CT molecular complexity index is 882. The fourth-order valence-corrected chi connectivity index (χ4v) is 2.97. The van der Waals surface area contributed by atoms with E-state index in [-0.39, 0.29) is 17.2 Å². The lowest BCUT2D eigenvalue weighted by molar-refractivity contribution is 0.0727. The summed E-state index contributed by atoms with van der Waals surface area (Å²) in [6.45, 7) is 4.99. The van der Waals surface area contributed by atoms with E-state index in [2.05, 4.69) is 15.0 Å². The van der Waals surface area contributed by atoms with Crippen molar-refractivity contribution in [2.24, 2.45) is 5.92 Å². The number of rotatable bonds is 3. The van der Waals surface area contributed by atoms with Gasteiger partial charge in [-0.3, -0.25) is 9.59 Å². The first-order valence-corrected chi connectivity index (χ1v) is 8.02. The largest absolute Gasteiger partial charge is 0.345 e. The smallest absolute Gasteiger partial charge is 0.333 e. The van der Waals surface area contributed by atoms with Gasteiger partial charge in [-0.05, 0) is 36.0 Å². The highest BCUT2D eigenvalue weighted by Crippen LogP contribution is 2.18. The number of nitrogens with zero attached hydrogens (tertiary/aromatic N) is 2. The van der Waals surface area contributed by atoms with Crippen molar-refractivity contribution in [3.63, 3.8) is 0 Å². The highest BCUT2D eigenvalue weighted by atomic mass is 16.2. The lowest BCUT2D eigenvalue weighted by Crippen LogP contribution is -2.38. The fourth-order valence-electron chi connectivity index (χ4n) is 2.97. The summed E-state index contributed by atoms with van der Waals surface area (Å²) < 4.78 is 0. The predicted molar refractivity (Wildman–Crippen MR) is 88.9 cm³/mol. The molecular weight excluding hydrogens is 308 g/mol. The number of aromatic amines is 2. The van der Waals surface area contributed by atoms with Gasteiger partial charge in [0, 0.05) is 31.0 Å². The zero-order chi connectivity index (χ0) is 17.3. The second-order valence-electron chi connectivity index (χ2n) is 6.52. The molecular formula is C17H20N4O3. The van der Waals surface area contributed by atoms with Crippen molar-refractivity contribution in [3.8, 4) is 0 Å². The Morgan fingerprint density at radius 1 is 1.29 bits per heavy atom. The quantitative estimate of drug-likeness (QED) is 0.873. The monoisotopic (exact) mass is 328 g/mol. The Hall–Kier alpha value is -2.70. The number of aromatic nitrogens is 3. The zero-order valence-corrected chi connectivity index (χ0v) is 13.8. The standard InChI is InChI=1S/C17H20N4O3/c1-10(2)5-13-7-14(20-17(24)19-13)16(23)21-4-3-11-6-15(22)18-8-12(11)9-21/h6-8,10H,3-5,9H2,1-2H3,(H,18,22)(H,19,20,24). The molecule has 126 valence electrons. The topological polar surface area (TPSA) is 98.9 Å². The molecule has 0 spiro atoms. The Labute approximate surface area is 138 Å². The highest BCUT2D eigenvalue weighted by molar-refractivity contribution is 5.92. The lowest BCUT2D eigenvalue weighted by atomic mass is 10.0. The van der Waals surface area contributed by atoms with E-state index < -0.39 is 5.69 Å². The normalized spacial score (nSPS) is 13.9. The van der Waals surface area contributed by atoms with Gasteiger partial charge >= 0.3 is 5.69 Å². The summed E-state index contributed by atoms with van der Waals surface area (Å²) in [5.74, 6) is 0.104. The number of hydrogen-bond acceptors (Lipinski definition) is 4. The molecule has 1 aliphatic heterocycles. The Kier molecular flexibility index (Phi) is 4.33. The van der Waals surface area contributed by atoms with E-state index in [1.54, 1.807) is 23.2 Å². The second kappa shape index (κ2) is 6.43. The first-order chi connectivity index (χ1) is 11.4. The molecule has 3 heterocycles. The van der Waals surface area contributed by atoms with Crippen LogP contribution in [0.15, 0.2) is 27.9 Å². The Balaban J connectivity index is 1.85. The van der Waals surface area contributed by atoms with Crippen LogP contribution in [0.2, 0.25) is 0 Å². The van der Waals surface area contributed by atoms with Crippen LogP contribution in [0.1, 0.15) is 41.2 Å². The third-order valence-corrected chi connectivity index (χ3v) is 4.05. The van der Waals surface area contributed by atoms with Gasteiger partial charge in [-0.15, -0.1) is 0 Å². The van der Waals surface area contributed by atoms with Crippen LogP contribution in [0, 0.1) is 5.92 Å². The van der Waals surface area contributed by atoms with Gasteiger partial charge in [0.15, 0.2) is 0 Å². The minimum atomic E-state index is -0.502. The maximum atomic E-state index is 12.7. The van der Waals surface area contributed by atoms with E-state index in [9.17, 15) is 14.4 Å². The van der Waals surface area contributed by atoms with Gasteiger partial charge < -0.3 is 14.9 Å². The predicted octanol–water partition coefficient (Wildman–Crippen LogP) is 0.855. The molecule has 7 heteroatoms. The third-order valence-electron chi connectivity index (χ3n) is 4.05. The molecule has 1 aliphatic rings. The van der Waals surface area contributed by atoms with Crippen LogP contribution in [-0.4, -0.2) is 32.3 Å². The minimum Gasteiger partial charge on any atom is -0.333 e. The molecule has 2 aromatic heterocycles. The number of hydrogen-bond donors (Lipinski definition) is 2. The first kappa shape index (κ1) is 16.2. The molecule has 24 heavy (non-hydrogen) atoms. The molecule has 0 saturated carbocycles. The number of carbonyl (C=O) groups excluding carboxylic acids is 1. The van der Waals surface area contributed by atoms with Gasteiger partial charge in [0.2, 0.25) is 5.56 Å². The summed E-state index contributed by atoms with van der Waals surface area (Å²) in [4.78, 5) is 46.6. The van der Waals surface area contributed by atoms with Crippen LogP contribution < -0.4 is 11.2 Å². The summed E-state index contributed by atoms with van der Waals surface area (Å²) >= 11 is 0. The number of H-pyrrole nitrogens is 2. The molecule has 0 radical (unpaired) electrons. The van der Waals surface area contributed by atoms with Gasteiger partial charge in [-0.1, -0.05) is 13.8 Å². The number of nitrogens with one attached hydrogen (secondary N) is 2. The van der Waals surface area contributed by atoms with Crippen LogP contribution in [0.4, 0.5) is 0 Å². The average molecular weight is 328 g/mol.